The van der Waals surface area contributed by atoms with Crippen molar-refractivity contribution in [1.29, 1.82) is 5.41 Å². The maximum absolute atomic E-state index is 13.6. The number of anilines is 1. The smallest absolute Gasteiger partial charge is 0.403 e. The number of hydrogen-bond acceptors (Lipinski definition) is 3. The van der Waals surface area contributed by atoms with Crippen LogP contribution in [0.15, 0.2) is 23.2 Å². The fraction of sp³-hybridized carbons (Fsp3) is 0.500. The molecule has 0 aliphatic carbocycles. The number of ether oxygens (including phenoxy) is 1. The third-order valence-electron chi connectivity index (χ3n) is 3.99. The number of amidine groups is 1. The molecule has 1 aliphatic heterocycles. The van der Waals surface area contributed by atoms with Crippen LogP contribution in [0, 0.1) is 17.1 Å². The van der Waals surface area contributed by atoms with Gasteiger partial charge in [0.1, 0.15) is 5.84 Å². The van der Waals surface area contributed by atoms with Gasteiger partial charge in [0.15, 0.2) is 17.5 Å². The summed E-state index contributed by atoms with van der Waals surface area (Å²) in [6.45, 7) is 3.83. The largest absolute Gasteiger partial charge is 0.573 e. The third-order valence-corrected chi connectivity index (χ3v) is 3.99. The van der Waals surface area contributed by atoms with Gasteiger partial charge in [-0.25, -0.2) is 9.38 Å². The van der Waals surface area contributed by atoms with Gasteiger partial charge >= 0.3 is 6.36 Å². The molecule has 10 heteroatoms. The normalized spacial score (nSPS) is 16.5. The van der Waals surface area contributed by atoms with Gasteiger partial charge in [0, 0.05) is 24.8 Å². The van der Waals surface area contributed by atoms with Crippen LogP contribution in [0.2, 0.25) is 0 Å². The highest BCUT2D eigenvalue weighted by Gasteiger charge is 2.32. The number of aliphatic imine (C=N–C) groups is 1. The van der Waals surface area contributed by atoms with Gasteiger partial charge in [-0.3, -0.25) is 5.41 Å². The van der Waals surface area contributed by atoms with Crippen molar-refractivity contribution in [2.24, 2.45) is 16.6 Å². The minimum atomic E-state index is -4.97. The summed E-state index contributed by atoms with van der Waals surface area (Å²) < 4.78 is 53.5. The van der Waals surface area contributed by atoms with Crippen LogP contribution in [0.5, 0.6) is 5.75 Å². The van der Waals surface area contributed by atoms with Crippen LogP contribution >= 0.6 is 0 Å². The van der Waals surface area contributed by atoms with E-state index >= 15 is 0 Å². The molecule has 4 N–H and O–H groups in total. The number of nitrogens with zero attached hydrogens (tertiary/aromatic N) is 2. The lowest BCUT2D eigenvalue weighted by Crippen LogP contribution is -2.39. The Morgan fingerprint density at radius 1 is 1.38 bits per heavy atom. The first-order valence-electron chi connectivity index (χ1n) is 8.08. The second-order valence-corrected chi connectivity index (χ2v) is 6.14. The van der Waals surface area contributed by atoms with E-state index in [1.165, 1.54) is 6.07 Å². The predicted molar refractivity (Wildman–Crippen MR) is 90.9 cm³/mol. The van der Waals surface area contributed by atoms with E-state index in [4.69, 9.17) is 11.1 Å². The Kier molecular flexibility index (Phi) is 6.27. The van der Waals surface area contributed by atoms with Gasteiger partial charge < -0.3 is 20.7 Å². The lowest BCUT2D eigenvalue weighted by atomic mass is 9.99. The molecule has 1 aromatic carbocycles. The van der Waals surface area contributed by atoms with Gasteiger partial charge in [0.05, 0.1) is 6.54 Å². The molecule has 144 valence electrons. The molecule has 6 nitrogen and oxygen atoms in total. The summed E-state index contributed by atoms with van der Waals surface area (Å²) in [5.41, 5.74) is 5.81. The van der Waals surface area contributed by atoms with E-state index in [-0.39, 0.29) is 18.2 Å². The van der Waals surface area contributed by atoms with Crippen molar-refractivity contribution in [2.75, 3.05) is 25.0 Å². The van der Waals surface area contributed by atoms with Crippen molar-refractivity contribution >= 4 is 17.5 Å². The zero-order valence-corrected chi connectivity index (χ0v) is 14.2. The molecule has 0 spiro atoms. The number of likely N-dealkylation sites (tertiary alicyclic amines) is 1. The number of benzene rings is 1. The van der Waals surface area contributed by atoms with E-state index in [9.17, 15) is 17.6 Å². The van der Waals surface area contributed by atoms with E-state index in [1.807, 2.05) is 4.90 Å². The Balaban J connectivity index is 1.90. The van der Waals surface area contributed by atoms with Crippen molar-refractivity contribution in [3.8, 4) is 5.75 Å². The molecule has 1 fully saturated rings. The lowest BCUT2D eigenvalue weighted by molar-refractivity contribution is -0.275. The van der Waals surface area contributed by atoms with Crippen LogP contribution in [-0.4, -0.2) is 42.7 Å². The standard InChI is InChI=1S/C16H21F4N5O/c1-10-4-6-25(7-5-10)14(21)9-23-15(22)24-11-2-3-13(12(17)8-11)26-16(18,19)20/h2-3,8,10,21H,4-7,9H2,1H3,(H3,22,23,24). The topological polar surface area (TPSA) is 86.7 Å². The minimum Gasteiger partial charge on any atom is -0.403 e. The number of nitrogens with two attached hydrogens (primary N) is 1. The Morgan fingerprint density at radius 2 is 2.04 bits per heavy atom. The molecule has 26 heavy (non-hydrogen) atoms. The number of alkyl halides is 3. The summed E-state index contributed by atoms with van der Waals surface area (Å²) in [7, 11) is 0. The van der Waals surface area contributed by atoms with Crippen molar-refractivity contribution < 1.29 is 22.3 Å². The van der Waals surface area contributed by atoms with Crippen LogP contribution in [0.1, 0.15) is 19.8 Å². The zero-order valence-electron chi connectivity index (χ0n) is 14.2. The summed E-state index contributed by atoms with van der Waals surface area (Å²) in [4.78, 5) is 5.94. The predicted octanol–water partition coefficient (Wildman–Crippen LogP) is 3.16. The number of piperidine rings is 1. The zero-order chi connectivity index (χ0) is 19.3. The summed E-state index contributed by atoms with van der Waals surface area (Å²) >= 11 is 0. The molecule has 0 atom stereocenters. The number of halogens is 4. The molecule has 0 amide bonds. The molecule has 0 bridgehead atoms. The Morgan fingerprint density at radius 3 is 2.62 bits per heavy atom. The lowest BCUT2D eigenvalue weighted by Gasteiger charge is -2.31. The number of hydrogen-bond donors (Lipinski definition) is 3. The van der Waals surface area contributed by atoms with E-state index in [1.54, 1.807) is 0 Å². The van der Waals surface area contributed by atoms with Crippen LogP contribution in [0.4, 0.5) is 23.2 Å². The molecule has 0 aromatic heterocycles. The number of nitrogens with one attached hydrogen (secondary N) is 2. The molecular weight excluding hydrogens is 354 g/mol. The van der Waals surface area contributed by atoms with Crippen LogP contribution in [-0.2, 0) is 0 Å². The van der Waals surface area contributed by atoms with Gasteiger partial charge in [-0.1, -0.05) is 6.92 Å². The van der Waals surface area contributed by atoms with Gasteiger partial charge in [0.25, 0.3) is 0 Å². The molecule has 0 saturated carbocycles. The van der Waals surface area contributed by atoms with E-state index in [0.717, 1.165) is 38.1 Å². The fourth-order valence-electron chi connectivity index (χ4n) is 2.51. The number of guanidine groups is 1. The molecule has 1 saturated heterocycles. The maximum Gasteiger partial charge on any atom is 0.573 e. The van der Waals surface area contributed by atoms with Crippen LogP contribution in [0.25, 0.3) is 0 Å². The van der Waals surface area contributed by atoms with Crippen molar-refractivity contribution in [2.45, 2.75) is 26.1 Å². The van der Waals surface area contributed by atoms with Crippen LogP contribution in [0.3, 0.4) is 0 Å². The van der Waals surface area contributed by atoms with Crippen molar-refractivity contribution in [3.63, 3.8) is 0 Å². The second kappa shape index (κ2) is 8.24. The summed E-state index contributed by atoms with van der Waals surface area (Å²) in [6, 6.07) is 2.85. The van der Waals surface area contributed by atoms with Crippen molar-refractivity contribution in [1.82, 2.24) is 4.90 Å². The molecule has 0 unspecified atom stereocenters. The molecule has 0 radical (unpaired) electrons. The highest BCUT2D eigenvalue weighted by atomic mass is 19.4. The van der Waals surface area contributed by atoms with Gasteiger partial charge in [-0.2, -0.15) is 0 Å². The summed E-state index contributed by atoms with van der Waals surface area (Å²) in [5.74, 6) is -1.20. The first kappa shape index (κ1) is 19.8. The first-order valence-corrected chi connectivity index (χ1v) is 8.08. The maximum atomic E-state index is 13.6. The Bertz CT molecular complexity index is 669. The molecule has 1 aliphatic rings. The average molecular weight is 375 g/mol. The first-order chi connectivity index (χ1) is 12.1. The second-order valence-electron chi connectivity index (χ2n) is 6.14. The van der Waals surface area contributed by atoms with Gasteiger partial charge in [0.2, 0.25) is 0 Å². The van der Waals surface area contributed by atoms with Crippen molar-refractivity contribution in [3.05, 3.63) is 24.0 Å². The van der Waals surface area contributed by atoms with E-state index in [0.29, 0.717) is 11.8 Å². The monoisotopic (exact) mass is 375 g/mol. The Hall–Kier alpha value is -2.52. The quantitative estimate of drug-likeness (QED) is 0.429. The summed E-state index contributed by atoms with van der Waals surface area (Å²) in [5, 5.41) is 10.6. The summed E-state index contributed by atoms with van der Waals surface area (Å²) in [6.07, 6.45) is -2.93. The highest BCUT2D eigenvalue weighted by Crippen LogP contribution is 2.27. The average Bonchev–Trinajstić information content (AvgIpc) is 2.55. The van der Waals surface area contributed by atoms with E-state index in [2.05, 4.69) is 22.0 Å². The fourth-order valence-corrected chi connectivity index (χ4v) is 2.51. The molecule has 2 rings (SSSR count). The number of rotatable bonds is 4. The highest BCUT2D eigenvalue weighted by molar-refractivity contribution is 5.94. The van der Waals surface area contributed by atoms with Gasteiger partial charge in [-0.05, 0) is 30.9 Å². The van der Waals surface area contributed by atoms with Gasteiger partial charge in [-0.15, -0.1) is 13.2 Å². The minimum absolute atomic E-state index is 0.0605. The SMILES string of the molecule is CC1CCN(C(=N)CN=C(N)Nc2ccc(OC(F)(F)F)c(F)c2)CC1. The van der Waals surface area contributed by atoms with Crippen LogP contribution < -0.4 is 15.8 Å². The molecular formula is C16H21F4N5O. The third kappa shape index (κ3) is 6.08. The molecule has 1 aromatic rings. The van der Waals surface area contributed by atoms with E-state index < -0.39 is 17.9 Å². The molecule has 1 heterocycles. The Labute approximate surface area is 148 Å².